The fourth-order valence-electron chi connectivity index (χ4n) is 2.17. The molecule has 20 heavy (non-hydrogen) atoms. The number of aliphatic hydroxyl groups excluding tert-OH is 1. The number of thiophene rings is 1. The molecule has 0 saturated carbocycles. The lowest BCUT2D eigenvalue weighted by Gasteiger charge is -2.25. The average Bonchev–Trinajstić information content (AvgIpc) is 2.85. The van der Waals surface area contributed by atoms with E-state index in [9.17, 15) is 15.2 Å². The number of anilines is 1. The van der Waals surface area contributed by atoms with Gasteiger partial charge in [-0.1, -0.05) is 26.7 Å². The minimum Gasteiger partial charge on any atom is -0.388 e. The molecule has 0 amide bonds. The van der Waals surface area contributed by atoms with E-state index >= 15 is 0 Å². The van der Waals surface area contributed by atoms with Crippen molar-refractivity contribution in [2.75, 3.05) is 18.0 Å². The van der Waals surface area contributed by atoms with Crippen molar-refractivity contribution in [1.82, 2.24) is 0 Å². The van der Waals surface area contributed by atoms with E-state index in [-0.39, 0.29) is 10.6 Å². The third-order valence-electron chi connectivity index (χ3n) is 3.62. The molecule has 0 bridgehead atoms. The van der Waals surface area contributed by atoms with Crippen LogP contribution in [-0.2, 0) is 0 Å². The molecule has 0 fully saturated rings. The van der Waals surface area contributed by atoms with Crippen LogP contribution in [0.3, 0.4) is 0 Å². The number of aliphatic hydroxyl groups is 1. The van der Waals surface area contributed by atoms with Crippen molar-refractivity contribution in [1.29, 1.82) is 0 Å². The van der Waals surface area contributed by atoms with Crippen LogP contribution in [-0.4, -0.2) is 23.1 Å². The smallest absolute Gasteiger partial charge is 0.304 e. The number of hydrogen-bond acceptors (Lipinski definition) is 5. The number of nitro groups is 1. The first kappa shape index (κ1) is 16.9. The third-order valence-corrected chi connectivity index (χ3v) is 4.98. The Morgan fingerprint density at radius 1 is 1.40 bits per heavy atom. The molecular formula is C14H24N2O3S. The van der Waals surface area contributed by atoms with Crippen molar-refractivity contribution in [3.8, 4) is 0 Å². The molecule has 0 aliphatic rings. The standard InChI is InChI=1S/C14H24N2O3S/c1-5-11(6-2)9-15(7-3)14-12(16(18)19)8-13(20-14)10(4)17/h8,10-11,17H,5-7,9H2,1-4H3/t10-/m1/s1. The van der Waals surface area contributed by atoms with Crippen LogP contribution in [0.5, 0.6) is 0 Å². The summed E-state index contributed by atoms with van der Waals surface area (Å²) in [7, 11) is 0. The van der Waals surface area contributed by atoms with Gasteiger partial charge in [-0.15, -0.1) is 11.3 Å². The quantitative estimate of drug-likeness (QED) is 0.582. The highest BCUT2D eigenvalue weighted by Crippen LogP contribution is 2.40. The van der Waals surface area contributed by atoms with E-state index in [1.54, 1.807) is 6.92 Å². The molecule has 1 atom stereocenters. The van der Waals surface area contributed by atoms with Gasteiger partial charge in [0.2, 0.25) is 0 Å². The molecular weight excluding hydrogens is 276 g/mol. The van der Waals surface area contributed by atoms with Crippen LogP contribution in [0, 0.1) is 16.0 Å². The van der Waals surface area contributed by atoms with Crippen LogP contribution in [0.2, 0.25) is 0 Å². The van der Waals surface area contributed by atoms with Gasteiger partial charge < -0.3 is 10.0 Å². The van der Waals surface area contributed by atoms with Crippen LogP contribution in [0.15, 0.2) is 6.07 Å². The first-order valence-electron chi connectivity index (χ1n) is 7.15. The van der Waals surface area contributed by atoms with Gasteiger partial charge in [0.25, 0.3) is 0 Å². The second kappa shape index (κ2) is 7.59. The van der Waals surface area contributed by atoms with Crippen LogP contribution in [0.4, 0.5) is 10.7 Å². The predicted molar refractivity (Wildman–Crippen MR) is 83.6 cm³/mol. The van der Waals surface area contributed by atoms with Crippen LogP contribution in [0.1, 0.15) is 51.5 Å². The van der Waals surface area contributed by atoms with Gasteiger partial charge >= 0.3 is 5.69 Å². The normalized spacial score (nSPS) is 12.7. The Bertz CT molecular complexity index is 442. The molecule has 1 heterocycles. The lowest BCUT2D eigenvalue weighted by molar-refractivity contribution is -0.383. The summed E-state index contributed by atoms with van der Waals surface area (Å²) in [6, 6.07) is 1.50. The summed E-state index contributed by atoms with van der Waals surface area (Å²) in [6.45, 7) is 9.49. The van der Waals surface area contributed by atoms with E-state index < -0.39 is 6.10 Å². The lowest BCUT2D eigenvalue weighted by atomic mass is 10.0. The van der Waals surface area contributed by atoms with Gasteiger partial charge in [0.05, 0.1) is 11.0 Å². The van der Waals surface area contributed by atoms with Gasteiger partial charge in [-0.25, -0.2) is 0 Å². The van der Waals surface area contributed by atoms with E-state index in [2.05, 4.69) is 18.7 Å². The van der Waals surface area contributed by atoms with Crippen molar-refractivity contribution >= 4 is 22.0 Å². The molecule has 1 aromatic heterocycles. The Balaban J connectivity index is 3.09. The zero-order valence-corrected chi connectivity index (χ0v) is 13.4. The number of nitrogens with zero attached hydrogens (tertiary/aromatic N) is 2. The maximum Gasteiger partial charge on any atom is 0.304 e. The Labute approximate surface area is 124 Å². The summed E-state index contributed by atoms with van der Waals surface area (Å²) in [6.07, 6.45) is 1.46. The maximum atomic E-state index is 11.2. The summed E-state index contributed by atoms with van der Waals surface area (Å²) >= 11 is 1.33. The SMILES string of the molecule is CCC(CC)CN(CC)c1sc([C@@H](C)O)cc1[N+](=O)[O-]. The van der Waals surface area contributed by atoms with E-state index in [0.29, 0.717) is 15.8 Å². The van der Waals surface area contributed by atoms with Crippen LogP contribution in [0.25, 0.3) is 0 Å². The molecule has 0 radical (unpaired) electrons. The molecule has 1 aromatic rings. The van der Waals surface area contributed by atoms with Gasteiger partial charge in [0, 0.05) is 24.0 Å². The highest BCUT2D eigenvalue weighted by molar-refractivity contribution is 7.16. The first-order valence-corrected chi connectivity index (χ1v) is 7.97. The largest absolute Gasteiger partial charge is 0.388 e. The minimum atomic E-state index is -0.667. The Morgan fingerprint density at radius 3 is 2.40 bits per heavy atom. The lowest BCUT2D eigenvalue weighted by Crippen LogP contribution is -2.28. The third kappa shape index (κ3) is 3.93. The van der Waals surface area contributed by atoms with Crippen LogP contribution >= 0.6 is 11.3 Å². The van der Waals surface area contributed by atoms with Crippen molar-refractivity contribution in [3.05, 3.63) is 21.1 Å². The summed E-state index contributed by atoms with van der Waals surface area (Å²) < 4.78 is 0. The molecule has 0 aromatic carbocycles. The van der Waals surface area contributed by atoms with Crippen LogP contribution < -0.4 is 4.90 Å². The fourth-order valence-corrected chi connectivity index (χ4v) is 3.30. The van der Waals surface area contributed by atoms with E-state index in [0.717, 1.165) is 25.9 Å². The highest BCUT2D eigenvalue weighted by Gasteiger charge is 2.25. The van der Waals surface area contributed by atoms with E-state index in [1.807, 2.05) is 6.92 Å². The summed E-state index contributed by atoms with van der Waals surface area (Å²) in [5.74, 6) is 0.534. The molecule has 6 heteroatoms. The number of rotatable bonds is 8. The van der Waals surface area contributed by atoms with Gasteiger partial charge in [0.15, 0.2) is 5.00 Å². The van der Waals surface area contributed by atoms with Crippen molar-refractivity contribution in [3.63, 3.8) is 0 Å². The summed E-state index contributed by atoms with van der Waals surface area (Å²) in [4.78, 5) is 13.6. The summed E-state index contributed by atoms with van der Waals surface area (Å²) in [5, 5.41) is 21.5. The number of hydrogen-bond donors (Lipinski definition) is 1. The van der Waals surface area contributed by atoms with Gasteiger partial charge in [-0.3, -0.25) is 10.1 Å². The molecule has 0 unspecified atom stereocenters. The van der Waals surface area contributed by atoms with Gasteiger partial charge in [-0.2, -0.15) is 0 Å². The van der Waals surface area contributed by atoms with Crippen molar-refractivity contribution in [2.24, 2.45) is 5.92 Å². The molecule has 1 N–H and O–H groups in total. The first-order chi connectivity index (χ1) is 9.44. The average molecular weight is 300 g/mol. The van der Waals surface area contributed by atoms with Gasteiger partial charge in [0.1, 0.15) is 0 Å². The maximum absolute atomic E-state index is 11.2. The molecule has 0 aliphatic carbocycles. The predicted octanol–water partition coefficient (Wildman–Crippen LogP) is 3.97. The molecule has 5 nitrogen and oxygen atoms in total. The molecule has 0 spiro atoms. The molecule has 114 valence electrons. The zero-order valence-electron chi connectivity index (χ0n) is 12.6. The Kier molecular flexibility index (Phi) is 6.42. The molecule has 1 rings (SSSR count). The van der Waals surface area contributed by atoms with Crippen molar-refractivity contribution in [2.45, 2.75) is 46.6 Å². The Hall–Kier alpha value is -1.14. The van der Waals surface area contributed by atoms with Gasteiger partial charge in [-0.05, 0) is 19.8 Å². The monoisotopic (exact) mass is 300 g/mol. The van der Waals surface area contributed by atoms with E-state index in [1.165, 1.54) is 17.4 Å². The Morgan fingerprint density at radius 2 is 2.00 bits per heavy atom. The topological polar surface area (TPSA) is 66.6 Å². The second-order valence-electron chi connectivity index (χ2n) is 4.99. The molecule has 0 aliphatic heterocycles. The van der Waals surface area contributed by atoms with E-state index in [4.69, 9.17) is 0 Å². The summed E-state index contributed by atoms with van der Waals surface area (Å²) in [5.41, 5.74) is 0.110. The molecule has 0 saturated heterocycles. The van der Waals surface area contributed by atoms with Crippen molar-refractivity contribution < 1.29 is 10.0 Å². The second-order valence-corrected chi connectivity index (χ2v) is 6.06. The minimum absolute atomic E-state index is 0.110. The fraction of sp³-hybridized carbons (Fsp3) is 0.714. The zero-order chi connectivity index (χ0) is 15.3. The highest BCUT2D eigenvalue weighted by atomic mass is 32.1.